The molecule has 0 aliphatic rings. The molecule has 0 aliphatic carbocycles. The molecule has 0 spiro atoms. The van der Waals surface area contributed by atoms with E-state index < -0.39 is 0 Å². The summed E-state index contributed by atoms with van der Waals surface area (Å²) in [6.07, 6.45) is 0. The maximum Gasteiger partial charge on any atom is 0.0671 e. The average molecular weight is 379 g/mol. The first-order valence-corrected chi connectivity index (χ1v) is 7.36. The molecule has 0 N–H and O–H groups in total. The van der Waals surface area contributed by atoms with Gasteiger partial charge in [0.25, 0.3) is 0 Å². The topological polar surface area (TPSA) is 9.23 Å². The number of ether oxygens (including phenoxy) is 1. The second kappa shape index (κ2) is 7.43. The molecule has 0 atom stereocenters. The predicted molar refractivity (Wildman–Crippen MR) is 69.4 cm³/mol. The Morgan fingerprint density at radius 1 is 1.23 bits per heavy atom. The van der Waals surface area contributed by atoms with E-state index in [0.29, 0.717) is 6.61 Å². The summed E-state index contributed by atoms with van der Waals surface area (Å²) >= 11 is 10.5. The SMILES string of the molecule is C=C(C)COCC(CBr)(CBr)CBr. The summed E-state index contributed by atoms with van der Waals surface area (Å²) in [5.41, 5.74) is 1.21. The molecule has 0 aromatic carbocycles. The third-order valence-electron chi connectivity index (χ3n) is 1.61. The van der Waals surface area contributed by atoms with E-state index in [1.54, 1.807) is 0 Å². The Hall–Kier alpha value is 1.14. The molecule has 0 amide bonds. The monoisotopic (exact) mass is 376 g/mol. The van der Waals surface area contributed by atoms with E-state index in [0.717, 1.165) is 28.2 Å². The molecule has 0 radical (unpaired) electrons. The Balaban J connectivity index is 3.88. The second-order valence-electron chi connectivity index (χ2n) is 3.35. The van der Waals surface area contributed by atoms with Crippen LogP contribution in [0.4, 0.5) is 0 Å². The van der Waals surface area contributed by atoms with Crippen molar-refractivity contribution in [1.29, 1.82) is 0 Å². The molecule has 0 aliphatic heterocycles. The van der Waals surface area contributed by atoms with E-state index in [2.05, 4.69) is 54.4 Å². The minimum Gasteiger partial charge on any atom is -0.376 e. The molecule has 4 heteroatoms. The first-order valence-electron chi connectivity index (χ1n) is 4.00. The van der Waals surface area contributed by atoms with Crippen molar-refractivity contribution in [2.75, 3.05) is 29.2 Å². The largest absolute Gasteiger partial charge is 0.376 e. The second-order valence-corrected chi connectivity index (χ2v) is 5.03. The van der Waals surface area contributed by atoms with Gasteiger partial charge >= 0.3 is 0 Å². The molecule has 0 unspecified atom stereocenters. The molecule has 0 aromatic rings. The van der Waals surface area contributed by atoms with E-state index >= 15 is 0 Å². The van der Waals surface area contributed by atoms with Gasteiger partial charge in [-0.3, -0.25) is 0 Å². The third-order valence-corrected chi connectivity index (χ3v) is 5.18. The number of alkyl halides is 3. The Morgan fingerprint density at radius 2 is 1.69 bits per heavy atom. The number of halogens is 3. The van der Waals surface area contributed by atoms with Crippen molar-refractivity contribution in [3.63, 3.8) is 0 Å². The van der Waals surface area contributed by atoms with Crippen LogP contribution in [-0.2, 0) is 4.74 Å². The van der Waals surface area contributed by atoms with Crippen molar-refractivity contribution in [3.8, 4) is 0 Å². The van der Waals surface area contributed by atoms with Crippen LogP contribution >= 0.6 is 47.8 Å². The molecular formula is C9H15Br3O. The zero-order valence-electron chi connectivity index (χ0n) is 7.78. The highest BCUT2D eigenvalue weighted by molar-refractivity contribution is 9.10. The molecule has 0 fully saturated rings. The molecule has 0 rings (SSSR count). The van der Waals surface area contributed by atoms with Gasteiger partial charge in [0.2, 0.25) is 0 Å². The first kappa shape index (κ1) is 14.1. The molecule has 0 saturated carbocycles. The van der Waals surface area contributed by atoms with Crippen LogP contribution in [0.5, 0.6) is 0 Å². The highest BCUT2D eigenvalue weighted by atomic mass is 79.9. The molecule has 0 bridgehead atoms. The fourth-order valence-corrected chi connectivity index (χ4v) is 3.94. The lowest BCUT2D eigenvalue weighted by molar-refractivity contribution is 0.0956. The van der Waals surface area contributed by atoms with Crippen LogP contribution < -0.4 is 0 Å². The molecule has 0 saturated heterocycles. The zero-order chi connectivity index (χ0) is 10.3. The fraction of sp³-hybridized carbons (Fsp3) is 0.778. The van der Waals surface area contributed by atoms with Gasteiger partial charge in [-0.05, 0) is 6.92 Å². The molecule has 0 heterocycles. The summed E-state index contributed by atoms with van der Waals surface area (Å²) < 4.78 is 5.54. The third kappa shape index (κ3) is 5.55. The van der Waals surface area contributed by atoms with Crippen molar-refractivity contribution >= 4 is 47.8 Å². The summed E-state index contributed by atoms with van der Waals surface area (Å²) in [5.74, 6) is 0. The van der Waals surface area contributed by atoms with E-state index in [-0.39, 0.29) is 5.41 Å². The van der Waals surface area contributed by atoms with Crippen LogP contribution in [0, 0.1) is 5.41 Å². The molecule has 0 aromatic heterocycles. The van der Waals surface area contributed by atoms with Crippen LogP contribution in [-0.4, -0.2) is 29.2 Å². The van der Waals surface area contributed by atoms with Crippen LogP contribution in [0.1, 0.15) is 6.92 Å². The standard InChI is InChI=1S/C9H15Br3O/c1-8(2)3-13-7-9(4-10,5-11)6-12/h1,3-7H2,2H3. The first-order chi connectivity index (χ1) is 6.10. The van der Waals surface area contributed by atoms with Crippen molar-refractivity contribution < 1.29 is 4.74 Å². The number of hydrogen-bond donors (Lipinski definition) is 0. The number of rotatable bonds is 7. The quantitative estimate of drug-likeness (QED) is 0.484. The Bertz CT molecular complexity index is 147. The van der Waals surface area contributed by atoms with Crippen molar-refractivity contribution in [1.82, 2.24) is 0 Å². The minimum atomic E-state index is 0.148. The summed E-state index contributed by atoms with van der Waals surface area (Å²) in [4.78, 5) is 0. The normalized spacial score (nSPS) is 11.7. The van der Waals surface area contributed by atoms with Crippen molar-refractivity contribution in [2.24, 2.45) is 5.41 Å². The van der Waals surface area contributed by atoms with Gasteiger partial charge < -0.3 is 4.74 Å². The zero-order valence-corrected chi connectivity index (χ0v) is 12.5. The molecule has 78 valence electrons. The number of hydrogen-bond acceptors (Lipinski definition) is 1. The maximum absolute atomic E-state index is 5.54. The van der Waals surface area contributed by atoms with Crippen molar-refractivity contribution in [3.05, 3.63) is 12.2 Å². The minimum absolute atomic E-state index is 0.148. The van der Waals surface area contributed by atoms with E-state index in [4.69, 9.17) is 4.74 Å². The molecule has 13 heavy (non-hydrogen) atoms. The van der Waals surface area contributed by atoms with E-state index in [9.17, 15) is 0 Å². The lowest BCUT2D eigenvalue weighted by atomic mass is 9.98. The van der Waals surface area contributed by atoms with E-state index in [1.165, 1.54) is 0 Å². The van der Waals surface area contributed by atoms with Gasteiger partial charge in [0.15, 0.2) is 0 Å². The summed E-state index contributed by atoms with van der Waals surface area (Å²) in [7, 11) is 0. The van der Waals surface area contributed by atoms with Gasteiger partial charge in [0, 0.05) is 21.4 Å². The fourth-order valence-electron chi connectivity index (χ4n) is 0.665. The van der Waals surface area contributed by atoms with Gasteiger partial charge in [0.05, 0.1) is 13.2 Å². The van der Waals surface area contributed by atoms with Gasteiger partial charge in [-0.25, -0.2) is 0 Å². The average Bonchev–Trinajstić information content (AvgIpc) is 2.13. The van der Waals surface area contributed by atoms with Gasteiger partial charge in [-0.1, -0.05) is 59.9 Å². The highest BCUT2D eigenvalue weighted by Crippen LogP contribution is 2.26. The Labute approximate surface area is 106 Å². The molecular weight excluding hydrogens is 364 g/mol. The Kier molecular flexibility index (Phi) is 8.09. The maximum atomic E-state index is 5.54. The smallest absolute Gasteiger partial charge is 0.0671 e. The van der Waals surface area contributed by atoms with Gasteiger partial charge in [-0.15, -0.1) is 0 Å². The van der Waals surface area contributed by atoms with Crippen molar-refractivity contribution in [2.45, 2.75) is 6.92 Å². The van der Waals surface area contributed by atoms with E-state index in [1.807, 2.05) is 6.92 Å². The van der Waals surface area contributed by atoms with Gasteiger partial charge in [0.1, 0.15) is 0 Å². The highest BCUT2D eigenvalue weighted by Gasteiger charge is 2.26. The Morgan fingerprint density at radius 3 is 2.00 bits per heavy atom. The lowest BCUT2D eigenvalue weighted by Gasteiger charge is -2.27. The van der Waals surface area contributed by atoms with Crippen LogP contribution in [0.2, 0.25) is 0 Å². The summed E-state index contributed by atoms with van der Waals surface area (Å²) in [6.45, 7) is 7.15. The molecule has 1 nitrogen and oxygen atoms in total. The van der Waals surface area contributed by atoms with Crippen LogP contribution in [0.25, 0.3) is 0 Å². The summed E-state index contributed by atoms with van der Waals surface area (Å²) in [5, 5.41) is 2.77. The van der Waals surface area contributed by atoms with Gasteiger partial charge in [-0.2, -0.15) is 0 Å². The summed E-state index contributed by atoms with van der Waals surface area (Å²) in [6, 6.07) is 0. The van der Waals surface area contributed by atoms with Crippen LogP contribution in [0.15, 0.2) is 12.2 Å². The predicted octanol–water partition coefficient (Wildman–Crippen LogP) is 3.75. The van der Waals surface area contributed by atoms with Crippen LogP contribution in [0.3, 0.4) is 0 Å². The lowest BCUT2D eigenvalue weighted by Crippen LogP contribution is -2.32.